The van der Waals surface area contributed by atoms with Crippen molar-refractivity contribution in [3.63, 3.8) is 0 Å². The predicted octanol–water partition coefficient (Wildman–Crippen LogP) is 3.31. The fourth-order valence-corrected chi connectivity index (χ4v) is 4.43. The maximum Gasteiger partial charge on any atom is 0.274 e. The molecule has 2 aromatic heterocycles. The smallest absolute Gasteiger partial charge is 0.274 e. The maximum atomic E-state index is 13.4. The molecule has 7 heteroatoms. The number of nitrogens with one attached hydrogen (secondary N) is 1. The molecule has 3 aromatic rings. The number of benzene rings is 1. The van der Waals surface area contributed by atoms with Crippen LogP contribution in [0.2, 0.25) is 0 Å². The summed E-state index contributed by atoms with van der Waals surface area (Å²) in [5.74, 6) is -0.261. The van der Waals surface area contributed by atoms with E-state index in [2.05, 4.69) is 32.9 Å². The van der Waals surface area contributed by atoms with Gasteiger partial charge in [0.1, 0.15) is 5.69 Å². The third-order valence-electron chi connectivity index (χ3n) is 6.02. The number of aromatic nitrogens is 3. The largest absolute Gasteiger partial charge is 0.352 e. The Hall–Kier alpha value is -3.87. The van der Waals surface area contributed by atoms with Crippen LogP contribution in [0.3, 0.4) is 0 Å². The van der Waals surface area contributed by atoms with E-state index in [0.717, 1.165) is 23.1 Å². The summed E-state index contributed by atoms with van der Waals surface area (Å²) >= 11 is 0. The molecule has 7 nitrogen and oxygen atoms in total. The Morgan fingerprint density at radius 1 is 1.09 bits per heavy atom. The van der Waals surface area contributed by atoms with Gasteiger partial charge >= 0.3 is 0 Å². The number of carbonyl (C=O) groups is 2. The number of rotatable bonds is 7. The summed E-state index contributed by atoms with van der Waals surface area (Å²) in [6.07, 6.45) is 11.7. The normalized spacial score (nSPS) is 17.9. The minimum Gasteiger partial charge on any atom is -0.352 e. The van der Waals surface area contributed by atoms with E-state index >= 15 is 0 Å². The standard InChI is InChI=1S/C26H27N5O2/c1-2-10-30-25(33)26(9-4-15-31(19-26)24(32)23-18-28-13-14-29-23)17-20-5-3-6-22(16-20)21-7-11-27-12-8-21/h2-3,5-8,11-14,16,18H,1,4,9-10,15,17,19H2,(H,30,33)/t26-/m0/s1. The third-order valence-corrected chi connectivity index (χ3v) is 6.02. The highest BCUT2D eigenvalue weighted by molar-refractivity contribution is 5.93. The lowest BCUT2D eigenvalue weighted by molar-refractivity contribution is -0.133. The summed E-state index contributed by atoms with van der Waals surface area (Å²) in [7, 11) is 0. The highest BCUT2D eigenvalue weighted by Crippen LogP contribution is 2.35. The van der Waals surface area contributed by atoms with Crippen LogP contribution in [0.1, 0.15) is 28.9 Å². The van der Waals surface area contributed by atoms with Gasteiger partial charge in [0.2, 0.25) is 5.91 Å². The minimum atomic E-state index is -0.740. The molecule has 2 amide bonds. The topological polar surface area (TPSA) is 88.1 Å². The van der Waals surface area contributed by atoms with Crippen LogP contribution in [0.25, 0.3) is 11.1 Å². The van der Waals surface area contributed by atoms with Gasteiger partial charge in [-0.05, 0) is 48.1 Å². The number of likely N-dealkylation sites (tertiary alicyclic amines) is 1. The molecule has 1 atom stereocenters. The Balaban J connectivity index is 1.63. The van der Waals surface area contributed by atoms with Crippen LogP contribution in [0.15, 0.2) is 80.0 Å². The molecule has 168 valence electrons. The third kappa shape index (κ3) is 5.14. The van der Waals surface area contributed by atoms with Gasteiger partial charge in [0.25, 0.3) is 5.91 Å². The quantitative estimate of drug-likeness (QED) is 0.569. The molecule has 4 rings (SSSR count). The van der Waals surface area contributed by atoms with Gasteiger partial charge in [0.15, 0.2) is 0 Å². The van der Waals surface area contributed by atoms with E-state index in [4.69, 9.17) is 0 Å². The lowest BCUT2D eigenvalue weighted by Crippen LogP contribution is -2.54. The Morgan fingerprint density at radius 3 is 2.70 bits per heavy atom. The number of pyridine rings is 1. The molecule has 0 spiro atoms. The first-order valence-corrected chi connectivity index (χ1v) is 11.1. The monoisotopic (exact) mass is 441 g/mol. The highest BCUT2D eigenvalue weighted by Gasteiger charge is 2.43. The summed E-state index contributed by atoms with van der Waals surface area (Å²) in [6.45, 7) is 5.01. The summed E-state index contributed by atoms with van der Waals surface area (Å²) in [4.78, 5) is 40.5. The zero-order valence-corrected chi connectivity index (χ0v) is 18.5. The highest BCUT2D eigenvalue weighted by atomic mass is 16.2. The van der Waals surface area contributed by atoms with Crippen LogP contribution < -0.4 is 5.32 Å². The van der Waals surface area contributed by atoms with Crippen molar-refractivity contribution >= 4 is 11.8 Å². The zero-order valence-electron chi connectivity index (χ0n) is 18.5. The second-order valence-electron chi connectivity index (χ2n) is 8.31. The number of piperidine rings is 1. The van der Waals surface area contributed by atoms with Crippen molar-refractivity contribution in [1.82, 2.24) is 25.2 Å². The van der Waals surface area contributed by atoms with E-state index in [1.54, 1.807) is 23.4 Å². The molecule has 0 saturated carbocycles. The molecule has 0 bridgehead atoms. The first kappa shape index (κ1) is 22.3. The van der Waals surface area contributed by atoms with Gasteiger partial charge in [-0.2, -0.15) is 0 Å². The van der Waals surface area contributed by atoms with Crippen molar-refractivity contribution in [3.05, 3.63) is 91.3 Å². The second kappa shape index (κ2) is 10.2. The van der Waals surface area contributed by atoms with Gasteiger partial charge in [-0.1, -0.05) is 30.3 Å². The molecule has 1 fully saturated rings. The molecule has 1 aliphatic heterocycles. The van der Waals surface area contributed by atoms with Crippen LogP contribution in [0.5, 0.6) is 0 Å². The van der Waals surface area contributed by atoms with Gasteiger partial charge in [-0.3, -0.25) is 19.6 Å². The van der Waals surface area contributed by atoms with E-state index in [1.807, 2.05) is 30.3 Å². The first-order chi connectivity index (χ1) is 16.1. The Bertz CT molecular complexity index is 1120. The van der Waals surface area contributed by atoms with Crippen molar-refractivity contribution in [3.8, 4) is 11.1 Å². The number of hydrogen-bond acceptors (Lipinski definition) is 5. The van der Waals surface area contributed by atoms with Crippen molar-refractivity contribution < 1.29 is 9.59 Å². The molecule has 0 aliphatic carbocycles. The molecule has 1 N–H and O–H groups in total. The van der Waals surface area contributed by atoms with Crippen LogP contribution in [0, 0.1) is 5.41 Å². The molecule has 1 aliphatic rings. The molecule has 1 saturated heterocycles. The number of carbonyl (C=O) groups excluding carboxylic acids is 2. The molecule has 0 radical (unpaired) electrons. The zero-order chi connectivity index (χ0) is 23.1. The average Bonchev–Trinajstić information content (AvgIpc) is 2.88. The summed E-state index contributed by atoms with van der Waals surface area (Å²) in [5, 5.41) is 2.98. The number of nitrogens with zero attached hydrogens (tertiary/aromatic N) is 4. The minimum absolute atomic E-state index is 0.0617. The fraction of sp³-hybridized carbons (Fsp3) is 0.269. The number of hydrogen-bond donors (Lipinski definition) is 1. The SMILES string of the molecule is C=CCNC(=O)[C@]1(Cc2cccc(-c3ccncc3)c2)CCCN(C(=O)c2cnccn2)C1. The number of amides is 2. The predicted molar refractivity (Wildman–Crippen MR) is 126 cm³/mol. The van der Waals surface area contributed by atoms with Gasteiger partial charge < -0.3 is 10.2 Å². The molecule has 1 aromatic carbocycles. The Labute approximate surface area is 193 Å². The van der Waals surface area contributed by atoms with Crippen molar-refractivity contribution in [2.24, 2.45) is 5.41 Å². The van der Waals surface area contributed by atoms with Crippen LogP contribution >= 0.6 is 0 Å². The summed E-state index contributed by atoms with van der Waals surface area (Å²) in [5.41, 5.74) is 2.74. The summed E-state index contributed by atoms with van der Waals surface area (Å²) < 4.78 is 0. The average molecular weight is 442 g/mol. The summed E-state index contributed by atoms with van der Waals surface area (Å²) in [6, 6.07) is 12.1. The Morgan fingerprint density at radius 2 is 1.94 bits per heavy atom. The van der Waals surface area contributed by atoms with Gasteiger partial charge in [-0.15, -0.1) is 6.58 Å². The van der Waals surface area contributed by atoms with E-state index in [-0.39, 0.29) is 11.8 Å². The van der Waals surface area contributed by atoms with E-state index in [9.17, 15) is 9.59 Å². The second-order valence-corrected chi connectivity index (χ2v) is 8.31. The fourth-order valence-electron chi connectivity index (χ4n) is 4.43. The molecule has 3 heterocycles. The van der Waals surface area contributed by atoms with Gasteiger partial charge in [0.05, 0.1) is 11.6 Å². The van der Waals surface area contributed by atoms with Crippen LogP contribution in [-0.4, -0.2) is 51.3 Å². The maximum absolute atomic E-state index is 13.4. The van der Waals surface area contributed by atoms with E-state index in [0.29, 0.717) is 38.2 Å². The molecular weight excluding hydrogens is 414 g/mol. The van der Waals surface area contributed by atoms with Crippen LogP contribution in [0.4, 0.5) is 0 Å². The Kier molecular flexibility index (Phi) is 6.88. The van der Waals surface area contributed by atoms with Crippen molar-refractivity contribution in [2.75, 3.05) is 19.6 Å². The lowest BCUT2D eigenvalue weighted by atomic mass is 9.74. The molecular formula is C26H27N5O2. The molecule has 33 heavy (non-hydrogen) atoms. The van der Waals surface area contributed by atoms with E-state index < -0.39 is 5.41 Å². The van der Waals surface area contributed by atoms with Crippen LogP contribution in [-0.2, 0) is 11.2 Å². The van der Waals surface area contributed by atoms with Gasteiger partial charge in [-0.25, -0.2) is 4.98 Å². The van der Waals surface area contributed by atoms with E-state index in [1.165, 1.54) is 18.6 Å². The first-order valence-electron chi connectivity index (χ1n) is 11.1. The van der Waals surface area contributed by atoms with Gasteiger partial charge in [0, 0.05) is 44.4 Å². The van der Waals surface area contributed by atoms with Crippen molar-refractivity contribution in [2.45, 2.75) is 19.3 Å². The molecule has 0 unspecified atom stereocenters. The van der Waals surface area contributed by atoms with Crippen molar-refractivity contribution in [1.29, 1.82) is 0 Å². The lowest BCUT2D eigenvalue weighted by Gasteiger charge is -2.41.